The highest BCUT2D eigenvalue weighted by Crippen LogP contribution is 2.17. The second-order valence-electron chi connectivity index (χ2n) is 4.22. The highest BCUT2D eigenvalue weighted by molar-refractivity contribution is 7.71. The van der Waals surface area contributed by atoms with Crippen LogP contribution in [0.4, 0.5) is 0 Å². The molecular formula is C12H13N5OS. The fraction of sp³-hybridized carbons (Fsp3) is 0.250. The van der Waals surface area contributed by atoms with Gasteiger partial charge in [0.15, 0.2) is 10.4 Å². The number of methoxy groups -OCH3 is 1. The third-order valence-electron chi connectivity index (χ3n) is 2.89. The maximum Gasteiger partial charge on any atom is 0.215 e. The van der Waals surface area contributed by atoms with Gasteiger partial charge in [-0.1, -0.05) is 0 Å². The topological polar surface area (TPSA) is 60.7 Å². The van der Waals surface area contributed by atoms with E-state index in [0.29, 0.717) is 17.2 Å². The Hall–Kier alpha value is -2.15. The van der Waals surface area contributed by atoms with E-state index in [0.717, 1.165) is 16.9 Å². The lowest BCUT2D eigenvalue weighted by Crippen LogP contribution is -2.02. The Labute approximate surface area is 114 Å². The number of aromatic amines is 1. The van der Waals surface area contributed by atoms with Crippen LogP contribution in [0.3, 0.4) is 0 Å². The Balaban J connectivity index is 2.11. The summed E-state index contributed by atoms with van der Waals surface area (Å²) in [6.45, 7) is 0.583. The SMILES string of the molecule is COc1ccc2[nH]c(=S)n(Cc3ccn(C)n3)c2n1. The monoisotopic (exact) mass is 275 g/mol. The molecule has 0 unspecified atom stereocenters. The molecule has 0 atom stereocenters. The van der Waals surface area contributed by atoms with Gasteiger partial charge in [-0.25, -0.2) is 0 Å². The van der Waals surface area contributed by atoms with Crippen LogP contribution < -0.4 is 4.74 Å². The molecule has 0 radical (unpaired) electrons. The molecule has 3 heterocycles. The number of hydrogen-bond donors (Lipinski definition) is 1. The molecule has 0 fully saturated rings. The third-order valence-corrected chi connectivity index (χ3v) is 3.21. The van der Waals surface area contributed by atoms with Gasteiger partial charge in [-0.3, -0.25) is 9.25 Å². The fourth-order valence-electron chi connectivity index (χ4n) is 1.98. The molecule has 0 aliphatic carbocycles. The molecular weight excluding hydrogens is 262 g/mol. The minimum atomic E-state index is 0.566. The lowest BCUT2D eigenvalue weighted by atomic mass is 10.4. The first-order valence-corrected chi connectivity index (χ1v) is 6.20. The Morgan fingerprint density at radius 1 is 1.37 bits per heavy atom. The summed E-state index contributed by atoms with van der Waals surface area (Å²) in [7, 11) is 3.48. The van der Waals surface area contributed by atoms with E-state index in [1.807, 2.05) is 29.9 Å². The van der Waals surface area contributed by atoms with Crippen LogP contribution in [0, 0.1) is 4.77 Å². The van der Waals surface area contributed by atoms with Crippen molar-refractivity contribution in [1.29, 1.82) is 0 Å². The maximum absolute atomic E-state index is 5.33. The van der Waals surface area contributed by atoms with Crippen molar-refractivity contribution in [2.24, 2.45) is 7.05 Å². The van der Waals surface area contributed by atoms with Crippen molar-refractivity contribution in [3.63, 3.8) is 0 Å². The Kier molecular flexibility index (Phi) is 2.83. The number of imidazole rings is 1. The molecule has 0 bridgehead atoms. The van der Waals surface area contributed by atoms with Crippen LogP contribution in [0.15, 0.2) is 24.4 Å². The third kappa shape index (κ3) is 2.12. The maximum atomic E-state index is 5.33. The minimum Gasteiger partial charge on any atom is -0.481 e. The fourth-order valence-corrected chi connectivity index (χ4v) is 2.24. The lowest BCUT2D eigenvalue weighted by molar-refractivity contribution is 0.399. The molecule has 0 aromatic carbocycles. The van der Waals surface area contributed by atoms with Gasteiger partial charge in [0, 0.05) is 19.3 Å². The van der Waals surface area contributed by atoms with Crippen molar-refractivity contribution < 1.29 is 4.74 Å². The van der Waals surface area contributed by atoms with Gasteiger partial charge in [0.05, 0.1) is 24.9 Å². The minimum absolute atomic E-state index is 0.566. The van der Waals surface area contributed by atoms with Crippen molar-refractivity contribution in [3.8, 4) is 5.88 Å². The molecule has 0 saturated heterocycles. The number of hydrogen-bond acceptors (Lipinski definition) is 4. The van der Waals surface area contributed by atoms with E-state index < -0.39 is 0 Å². The van der Waals surface area contributed by atoms with Crippen LogP contribution in [0.2, 0.25) is 0 Å². The zero-order valence-corrected chi connectivity index (χ0v) is 11.4. The van der Waals surface area contributed by atoms with Crippen LogP contribution in [0.1, 0.15) is 5.69 Å². The van der Waals surface area contributed by atoms with Crippen molar-refractivity contribution in [1.82, 2.24) is 24.3 Å². The highest BCUT2D eigenvalue weighted by Gasteiger charge is 2.09. The number of pyridine rings is 1. The molecule has 3 aromatic rings. The van der Waals surface area contributed by atoms with Gasteiger partial charge in [-0.05, 0) is 24.4 Å². The molecule has 0 saturated carbocycles. The van der Waals surface area contributed by atoms with E-state index in [-0.39, 0.29) is 0 Å². The van der Waals surface area contributed by atoms with Gasteiger partial charge < -0.3 is 9.72 Å². The number of fused-ring (bicyclic) bond motifs is 1. The van der Waals surface area contributed by atoms with E-state index in [2.05, 4.69) is 15.1 Å². The molecule has 0 amide bonds. The van der Waals surface area contributed by atoms with Gasteiger partial charge in [0.2, 0.25) is 5.88 Å². The molecule has 98 valence electrons. The number of nitrogens with zero attached hydrogens (tertiary/aromatic N) is 4. The Bertz CT molecular complexity index is 785. The van der Waals surface area contributed by atoms with Gasteiger partial charge in [-0.2, -0.15) is 10.1 Å². The van der Waals surface area contributed by atoms with Crippen LogP contribution in [0.25, 0.3) is 11.2 Å². The summed E-state index contributed by atoms with van der Waals surface area (Å²) in [6, 6.07) is 5.67. The standard InChI is InChI=1S/C12H13N5OS/c1-16-6-5-8(15-16)7-17-11-9(13-12(17)19)3-4-10(14-11)18-2/h3-6H,7H2,1-2H3,(H,13,19). The van der Waals surface area contributed by atoms with Crippen molar-refractivity contribution in [3.05, 3.63) is 34.9 Å². The second-order valence-corrected chi connectivity index (χ2v) is 4.61. The largest absolute Gasteiger partial charge is 0.481 e. The molecule has 19 heavy (non-hydrogen) atoms. The molecule has 6 nitrogen and oxygen atoms in total. The molecule has 0 aliphatic heterocycles. The summed E-state index contributed by atoms with van der Waals surface area (Å²) in [4.78, 5) is 7.56. The first-order valence-electron chi connectivity index (χ1n) is 5.79. The molecule has 7 heteroatoms. The zero-order valence-electron chi connectivity index (χ0n) is 10.6. The average Bonchev–Trinajstić information content (AvgIpc) is 2.94. The van der Waals surface area contributed by atoms with Crippen molar-refractivity contribution >= 4 is 23.4 Å². The number of H-pyrrole nitrogens is 1. The summed E-state index contributed by atoms with van der Waals surface area (Å²) < 4.78 is 9.45. The number of aryl methyl sites for hydroxylation is 1. The number of ether oxygens (including phenoxy) is 1. The van der Waals surface area contributed by atoms with Gasteiger partial charge >= 0.3 is 0 Å². The van der Waals surface area contributed by atoms with E-state index >= 15 is 0 Å². The van der Waals surface area contributed by atoms with Crippen LogP contribution >= 0.6 is 12.2 Å². The zero-order chi connectivity index (χ0) is 13.4. The summed E-state index contributed by atoms with van der Waals surface area (Å²) in [5.41, 5.74) is 2.60. The first kappa shape index (κ1) is 11.9. The molecule has 3 rings (SSSR count). The predicted octanol–water partition coefficient (Wildman–Crippen LogP) is 1.88. The Morgan fingerprint density at radius 3 is 2.89 bits per heavy atom. The van der Waals surface area contributed by atoms with E-state index in [4.69, 9.17) is 17.0 Å². The molecule has 0 spiro atoms. The lowest BCUT2D eigenvalue weighted by Gasteiger charge is -2.02. The van der Waals surface area contributed by atoms with E-state index in [9.17, 15) is 0 Å². The quantitative estimate of drug-likeness (QED) is 0.741. The summed E-state index contributed by atoms with van der Waals surface area (Å²) in [5.74, 6) is 0.566. The highest BCUT2D eigenvalue weighted by atomic mass is 32.1. The van der Waals surface area contributed by atoms with Crippen molar-refractivity contribution in [2.45, 2.75) is 6.54 Å². The summed E-state index contributed by atoms with van der Waals surface area (Å²) in [5, 5.41) is 4.35. The van der Waals surface area contributed by atoms with E-state index in [1.165, 1.54) is 0 Å². The normalized spacial score (nSPS) is 11.1. The Morgan fingerprint density at radius 2 is 2.21 bits per heavy atom. The van der Waals surface area contributed by atoms with Gasteiger partial charge in [-0.15, -0.1) is 0 Å². The van der Waals surface area contributed by atoms with Gasteiger partial charge in [0.25, 0.3) is 0 Å². The predicted molar refractivity (Wildman–Crippen MR) is 73.8 cm³/mol. The number of aromatic nitrogens is 5. The summed E-state index contributed by atoms with van der Waals surface area (Å²) >= 11 is 5.33. The second kappa shape index (κ2) is 4.51. The average molecular weight is 275 g/mol. The van der Waals surface area contributed by atoms with Crippen LogP contribution in [0.5, 0.6) is 5.88 Å². The smallest absolute Gasteiger partial charge is 0.215 e. The number of rotatable bonds is 3. The van der Waals surface area contributed by atoms with Crippen LogP contribution in [-0.4, -0.2) is 31.4 Å². The molecule has 0 aliphatic rings. The van der Waals surface area contributed by atoms with E-state index in [1.54, 1.807) is 17.9 Å². The summed E-state index contributed by atoms with van der Waals surface area (Å²) in [6.07, 6.45) is 1.90. The van der Waals surface area contributed by atoms with Crippen LogP contribution in [-0.2, 0) is 13.6 Å². The number of nitrogens with one attached hydrogen (secondary N) is 1. The molecule has 1 N–H and O–H groups in total. The van der Waals surface area contributed by atoms with Crippen molar-refractivity contribution in [2.75, 3.05) is 7.11 Å². The van der Waals surface area contributed by atoms with Gasteiger partial charge in [0.1, 0.15) is 0 Å². The molecule has 3 aromatic heterocycles. The first-order chi connectivity index (χ1) is 9.17.